The lowest BCUT2D eigenvalue weighted by atomic mass is 10.3. The highest BCUT2D eigenvalue weighted by atomic mass is 79.9. The van der Waals surface area contributed by atoms with Crippen molar-refractivity contribution < 1.29 is 9.13 Å². The zero-order chi connectivity index (χ0) is 8.97. The van der Waals surface area contributed by atoms with E-state index in [2.05, 4.69) is 15.9 Å². The fraction of sp³-hybridized carbons (Fsp3) is 0.250. The van der Waals surface area contributed by atoms with Crippen LogP contribution in [0.25, 0.3) is 0 Å². The maximum absolute atomic E-state index is 11.7. The molecule has 0 bridgehead atoms. The Balaban J connectivity index is 2.75. The van der Waals surface area contributed by atoms with E-state index in [0.717, 1.165) is 4.47 Å². The summed E-state index contributed by atoms with van der Waals surface area (Å²) < 4.78 is 17.6. The average Bonchev–Trinajstić information content (AvgIpc) is 2.07. The molecular formula is C8H7BrClFO. The quantitative estimate of drug-likeness (QED) is 0.802. The Labute approximate surface area is 83.6 Å². The van der Waals surface area contributed by atoms with E-state index in [1.165, 1.54) is 0 Å². The van der Waals surface area contributed by atoms with Crippen molar-refractivity contribution in [2.75, 3.05) is 13.3 Å². The zero-order valence-corrected chi connectivity index (χ0v) is 8.53. The Bertz CT molecular complexity index is 267. The van der Waals surface area contributed by atoms with E-state index in [0.29, 0.717) is 10.8 Å². The second-order valence-corrected chi connectivity index (χ2v) is 3.40. The van der Waals surface area contributed by atoms with Crippen molar-refractivity contribution in [3.8, 4) is 5.75 Å². The highest BCUT2D eigenvalue weighted by Crippen LogP contribution is 2.27. The Hall–Kier alpha value is -0.280. The van der Waals surface area contributed by atoms with E-state index < -0.39 is 6.67 Å². The predicted octanol–water partition coefficient (Wildman–Crippen LogP) is 3.45. The minimum Gasteiger partial charge on any atom is -0.490 e. The molecule has 0 atom stereocenters. The zero-order valence-electron chi connectivity index (χ0n) is 6.19. The summed E-state index contributed by atoms with van der Waals surface area (Å²) in [6.45, 7) is -0.447. The smallest absolute Gasteiger partial charge is 0.135 e. The van der Waals surface area contributed by atoms with Gasteiger partial charge in [0.2, 0.25) is 0 Å². The molecule has 0 aliphatic carbocycles. The maximum atomic E-state index is 11.7. The van der Waals surface area contributed by atoms with Crippen LogP contribution < -0.4 is 4.74 Å². The molecule has 1 rings (SSSR count). The molecule has 0 fully saturated rings. The molecule has 4 heteroatoms. The molecule has 0 saturated heterocycles. The summed E-state index contributed by atoms with van der Waals surface area (Å²) in [5.41, 5.74) is 0. The second-order valence-electron chi connectivity index (χ2n) is 2.11. The van der Waals surface area contributed by atoms with Crippen molar-refractivity contribution in [3.05, 3.63) is 27.7 Å². The lowest BCUT2D eigenvalue weighted by Crippen LogP contribution is -1.98. The summed E-state index contributed by atoms with van der Waals surface area (Å²) >= 11 is 8.96. The van der Waals surface area contributed by atoms with Gasteiger partial charge in [0, 0.05) is 5.02 Å². The molecule has 0 amide bonds. The van der Waals surface area contributed by atoms with Gasteiger partial charge in [0.1, 0.15) is 19.0 Å². The van der Waals surface area contributed by atoms with Crippen LogP contribution in [0.3, 0.4) is 0 Å². The third-order valence-electron chi connectivity index (χ3n) is 1.23. The predicted molar refractivity (Wildman–Crippen MR) is 50.6 cm³/mol. The van der Waals surface area contributed by atoms with Gasteiger partial charge < -0.3 is 4.74 Å². The van der Waals surface area contributed by atoms with Crippen LogP contribution in [0.1, 0.15) is 0 Å². The molecular weight excluding hydrogens is 246 g/mol. The number of rotatable bonds is 3. The lowest BCUT2D eigenvalue weighted by Gasteiger charge is -2.05. The van der Waals surface area contributed by atoms with Crippen LogP contribution in [-0.2, 0) is 0 Å². The van der Waals surface area contributed by atoms with Gasteiger partial charge in [-0.15, -0.1) is 0 Å². The van der Waals surface area contributed by atoms with Crippen molar-refractivity contribution in [1.82, 2.24) is 0 Å². The first-order chi connectivity index (χ1) is 5.74. The first-order valence-corrected chi connectivity index (χ1v) is 4.55. The maximum Gasteiger partial charge on any atom is 0.135 e. The highest BCUT2D eigenvalue weighted by Gasteiger charge is 2.00. The van der Waals surface area contributed by atoms with Gasteiger partial charge in [-0.3, -0.25) is 0 Å². The van der Waals surface area contributed by atoms with Crippen molar-refractivity contribution in [3.63, 3.8) is 0 Å². The van der Waals surface area contributed by atoms with Crippen LogP contribution in [-0.4, -0.2) is 13.3 Å². The number of halogens is 3. The molecule has 1 aromatic carbocycles. The second kappa shape index (κ2) is 4.67. The van der Waals surface area contributed by atoms with Crippen molar-refractivity contribution in [2.45, 2.75) is 0 Å². The highest BCUT2D eigenvalue weighted by molar-refractivity contribution is 9.10. The number of benzene rings is 1. The van der Waals surface area contributed by atoms with Gasteiger partial charge in [-0.05, 0) is 34.1 Å². The lowest BCUT2D eigenvalue weighted by molar-refractivity contribution is 0.272. The molecule has 0 heterocycles. The standard InChI is InChI=1S/C8H7BrClFO/c9-7-2-1-6(10)5-8(7)12-4-3-11/h1-2,5H,3-4H2. The fourth-order valence-electron chi connectivity index (χ4n) is 0.736. The van der Waals surface area contributed by atoms with Gasteiger partial charge in [0.15, 0.2) is 0 Å². The number of alkyl halides is 1. The van der Waals surface area contributed by atoms with E-state index in [9.17, 15) is 4.39 Å². The summed E-state index contributed by atoms with van der Waals surface area (Å²) in [5.74, 6) is 0.570. The van der Waals surface area contributed by atoms with Crippen LogP contribution in [0.2, 0.25) is 5.02 Å². The summed E-state index contributed by atoms with van der Waals surface area (Å²) in [4.78, 5) is 0. The molecule has 0 aliphatic heterocycles. The topological polar surface area (TPSA) is 9.23 Å². The number of ether oxygens (including phenoxy) is 1. The molecule has 0 aromatic heterocycles. The molecule has 1 nitrogen and oxygen atoms in total. The molecule has 0 unspecified atom stereocenters. The van der Waals surface area contributed by atoms with Gasteiger partial charge in [0.05, 0.1) is 4.47 Å². The first-order valence-electron chi connectivity index (χ1n) is 3.38. The Kier molecular flexibility index (Phi) is 3.82. The van der Waals surface area contributed by atoms with Gasteiger partial charge in [-0.25, -0.2) is 4.39 Å². The van der Waals surface area contributed by atoms with Crippen LogP contribution in [0.5, 0.6) is 5.75 Å². The summed E-state index contributed by atoms with van der Waals surface area (Å²) in [5, 5.41) is 0.576. The summed E-state index contributed by atoms with van der Waals surface area (Å²) in [7, 11) is 0. The van der Waals surface area contributed by atoms with Gasteiger partial charge in [-0.2, -0.15) is 0 Å². The minimum atomic E-state index is -0.501. The van der Waals surface area contributed by atoms with E-state index in [1.807, 2.05) is 0 Å². The average molecular weight is 253 g/mol. The van der Waals surface area contributed by atoms with Crippen LogP contribution in [0, 0.1) is 0 Å². The number of hydrogen-bond donors (Lipinski definition) is 0. The molecule has 12 heavy (non-hydrogen) atoms. The summed E-state index contributed by atoms with van der Waals surface area (Å²) in [6.07, 6.45) is 0. The SMILES string of the molecule is FCCOc1cc(Cl)ccc1Br. The molecule has 0 radical (unpaired) electrons. The molecule has 0 N–H and O–H groups in total. The summed E-state index contributed by atoms with van der Waals surface area (Å²) in [6, 6.07) is 5.13. The minimum absolute atomic E-state index is 0.0545. The third kappa shape index (κ3) is 2.64. The molecule has 66 valence electrons. The fourth-order valence-corrected chi connectivity index (χ4v) is 1.26. The van der Waals surface area contributed by atoms with Crippen LogP contribution in [0.15, 0.2) is 22.7 Å². The van der Waals surface area contributed by atoms with Crippen LogP contribution >= 0.6 is 27.5 Å². The molecule has 1 aromatic rings. The molecule has 0 spiro atoms. The van der Waals surface area contributed by atoms with E-state index in [1.54, 1.807) is 18.2 Å². The van der Waals surface area contributed by atoms with Gasteiger partial charge >= 0.3 is 0 Å². The number of hydrogen-bond acceptors (Lipinski definition) is 1. The molecule has 0 aliphatic rings. The third-order valence-corrected chi connectivity index (χ3v) is 2.12. The normalized spacial score (nSPS) is 9.92. The Morgan fingerprint density at radius 3 is 2.92 bits per heavy atom. The van der Waals surface area contributed by atoms with Crippen molar-refractivity contribution in [1.29, 1.82) is 0 Å². The van der Waals surface area contributed by atoms with Gasteiger partial charge in [0.25, 0.3) is 0 Å². The first kappa shape index (κ1) is 9.81. The monoisotopic (exact) mass is 252 g/mol. The largest absolute Gasteiger partial charge is 0.490 e. The van der Waals surface area contributed by atoms with E-state index in [4.69, 9.17) is 16.3 Å². The van der Waals surface area contributed by atoms with Crippen molar-refractivity contribution in [2.24, 2.45) is 0 Å². The molecule has 0 saturated carbocycles. The van der Waals surface area contributed by atoms with E-state index >= 15 is 0 Å². The van der Waals surface area contributed by atoms with Gasteiger partial charge in [-0.1, -0.05) is 11.6 Å². The Morgan fingerprint density at radius 2 is 2.25 bits per heavy atom. The van der Waals surface area contributed by atoms with E-state index in [-0.39, 0.29) is 6.61 Å². The van der Waals surface area contributed by atoms with Crippen molar-refractivity contribution >= 4 is 27.5 Å². The van der Waals surface area contributed by atoms with Crippen LogP contribution in [0.4, 0.5) is 4.39 Å². The Morgan fingerprint density at radius 1 is 1.50 bits per heavy atom.